The van der Waals surface area contributed by atoms with E-state index in [4.69, 9.17) is 11.6 Å². The molecule has 10 heteroatoms. The van der Waals surface area contributed by atoms with E-state index in [1.165, 1.54) is 19.3 Å². The lowest BCUT2D eigenvalue weighted by atomic mass is 10.3. The molecule has 0 aliphatic carbocycles. The first-order valence-corrected chi connectivity index (χ1v) is 9.83. The zero-order chi connectivity index (χ0) is 15.8. The van der Waals surface area contributed by atoms with Gasteiger partial charge in [0.1, 0.15) is 10.7 Å². The quantitative estimate of drug-likeness (QED) is 0.850. The fraction of sp³-hybridized carbons (Fsp3) is 0.545. The minimum atomic E-state index is -3.83. The molecule has 21 heavy (non-hydrogen) atoms. The molecule has 0 spiro atoms. The molecule has 0 aromatic carbocycles. The molecule has 2 heterocycles. The van der Waals surface area contributed by atoms with Crippen LogP contribution in [0.3, 0.4) is 0 Å². The summed E-state index contributed by atoms with van der Waals surface area (Å²) in [6.45, 7) is 0. The number of pyridine rings is 1. The van der Waals surface area contributed by atoms with E-state index in [1.807, 2.05) is 0 Å². The van der Waals surface area contributed by atoms with Gasteiger partial charge >= 0.3 is 0 Å². The minimum absolute atomic E-state index is 0.00915. The highest BCUT2D eigenvalue weighted by Gasteiger charge is 2.36. The van der Waals surface area contributed by atoms with Gasteiger partial charge in [0.2, 0.25) is 10.0 Å². The van der Waals surface area contributed by atoms with Crippen molar-refractivity contribution < 1.29 is 16.8 Å². The van der Waals surface area contributed by atoms with Crippen LogP contribution in [0.5, 0.6) is 0 Å². The number of hydrogen-bond acceptors (Lipinski definition) is 6. The Kier molecular flexibility index (Phi) is 4.48. The molecule has 1 unspecified atom stereocenters. The van der Waals surface area contributed by atoms with Gasteiger partial charge in [-0.15, -0.1) is 0 Å². The Labute approximate surface area is 129 Å². The van der Waals surface area contributed by atoms with Crippen LogP contribution in [0.1, 0.15) is 6.42 Å². The Hall–Kier alpha value is -0.900. The van der Waals surface area contributed by atoms with Crippen molar-refractivity contribution in [1.82, 2.24) is 9.29 Å². The highest BCUT2D eigenvalue weighted by Crippen LogP contribution is 2.26. The van der Waals surface area contributed by atoms with Crippen LogP contribution in [0, 0.1) is 0 Å². The zero-order valence-corrected chi connectivity index (χ0v) is 14.0. The standard InChI is InChI=1S/C11H16ClN3O4S2/c1-13-11-10(12)5-9(6-14-11)21(18,19)15(2)8-3-4-20(16,17)7-8/h5-6,8H,3-4,7H2,1-2H3,(H,13,14). The van der Waals surface area contributed by atoms with E-state index < -0.39 is 25.9 Å². The van der Waals surface area contributed by atoms with Crippen LogP contribution in [0.15, 0.2) is 17.2 Å². The third-order valence-corrected chi connectivity index (χ3v) is 7.37. The van der Waals surface area contributed by atoms with E-state index in [0.717, 1.165) is 4.31 Å². The van der Waals surface area contributed by atoms with E-state index in [2.05, 4.69) is 10.3 Å². The van der Waals surface area contributed by atoms with Gasteiger partial charge in [0.25, 0.3) is 0 Å². The number of halogens is 1. The third-order valence-electron chi connectivity index (χ3n) is 3.45. The largest absolute Gasteiger partial charge is 0.372 e. The lowest BCUT2D eigenvalue weighted by molar-refractivity contribution is 0.394. The van der Waals surface area contributed by atoms with Gasteiger partial charge in [0.15, 0.2) is 9.84 Å². The van der Waals surface area contributed by atoms with E-state index in [0.29, 0.717) is 12.2 Å². The molecule has 1 atom stereocenters. The average molecular weight is 354 g/mol. The molecule has 0 radical (unpaired) electrons. The molecule has 1 N–H and O–H groups in total. The monoisotopic (exact) mass is 353 g/mol. The second-order valence-corrected chi connectivity index (χ2v) is 9.46. The molecule has 1 saturated heterocycles. The predicted molar refractivity (Wildman–Crippen MR) is 80.8 cm³/mol. The minimum Gasteiger partial charge on any atom is -0.372 e. The summed E-state index contributed by atoms with van der Waals surface area (Å²) in [5.41, 5.74) is 0. The molecule has 1 aliphatic heterocycles. The maximum absolute atomic E-state index is 12.5. The van der Waals surface area contributed by atoms with E-state index >= 15 is 0 Å². The molecule has 0 saturated carbocycles. The van der Waals surface area contributed by atoms with Gasteiger partial charge in [-0.3, -0.25) is 0 Å². The van der Waals surface area contributed by atoms with Crippen molar-refractivity contribution in [3.8, 4) is 0 Å². The number of nitrogens with zero attached hydrogens (tertiary/aromatic N) is 2. The molecular formula is C11H16ClN3O4S2. The maximum Gasteiger partial charge on any atom is 0.244 e. The number of sulfone groups is 1. The van der Waals surface area contributed by atoms with Crippen molar-refractivity contribution in [3.63, 3.8) is 0 Å². The van der Waals surface area contributed by atoms with Crippen molar-refractivity contribution in [2.24, 2.45) is 0 Å². The lowest BCUT2D eigenvalue weighted by Crippen LogP contribution is -2.37. The summed E-state index contributed by atoms with van der Waals surface area (Å²) in [7, 11) is -3.99. The van der Waals surface area contributed by atoms with Crippen LogP contribution >= 0.6 is 11.6 Å². The summed E-state index contributed by atoms with van der Waals surface area (Å²) in [5, 5.41) is 2.92. The van der Waals surface area contributed by atoms with Gasteiger partial charge in [-0.25, -0.2) is 21.8 Å². The molecule has 1 fully saturated rings. The van der Waals surface area contributed by atoms with E-state index in [9.17, 15) is 16.8 Å². The number of nitrogens with one attached hydrogen (secondary N) is 1. The van der Waals surface area contributed by atoms with Gasteiger partial charge in [0.05, 0.1) is 16.5 Å². The maximum atomic E-state index is 12.5. The van der Waals surface area contributed by atoms with Gasteiger partial charge in [-0.2, -0.15) is 4.31 Å². The molecule has 1 aromatic heterocycles. The van der Waals surface area contributed by atoms with Crippen LogP contribution in [0.25, 0.3) is 0 Å². The predicted octanol–water partition coefficient (Wildman–Crippen LogP) is 0.584. The first kappa shape index (κ1) is 16.5. The van der Waals surface area contributed by atoms with Gasteiger partial charge in [-0.1, -0.05) is 11.6 Å². The fourth-order valence-corrected chi connectivity index (χ4v) is 5.72. The molecule has 0 amide bonds. The summed E-state index contributed by atoms with van der Waals surface area (Å²) >= 11 is 5.94. The Morgan fingerprint density at radius 2 is 2.14 bits per heavy atom. The number of rotatable bonds is 4. The van der Waals surface area contributed by atoms with Gasteiger partial charge in [0, 0.05) is 26.3 Å². The summed E-state index contributed by atoms with van der Waals surface area (Å²) in [6.07, 6.45) is 1.50. The van der Waals surface area contributed by atoms with Gasteiger partial charge < -0.3 is 5.32 Å². The molecule has 2 rings (SSSR count). The van der Waals surface area contributed by atoms with Crippen LogP contribution in [0.2, 0.25) is 5.02 Å². The molecular weight excluding hydrogens is 338 g/mol. The second-order valence-electron chi connectivity index (χ2n) is 4.83. The van der Waals surface area contributed by atoms with Crippen LogP contribution in [-0.2, 0) is 19.9 Å². The Morgan fingerprint density at radius 3 is 2.62 bits per heavy atom. The Bertz CT molecular complexity index is 749. The smallest absolute Gasteiger partial charge is 0.244 e. The Balaban J connectivity index is 2.31. The second kappa shape index (κ2) is 5.71. The molecule has 0 bridgehead atoms. The average Bonchev–Trinajstić information content (AvgIpc) is 2.77. The summed E-state index contributed by atoms with van der Waals surface area (Å²) in [4.78, 5) is 3.88. The van der Waals surface area contributed by atoms with Crippen LogP contribution < -0.4 is 5.32 Å². The van der Waals surface area contributed by atoms with Crippen molar-refractivity contribution in [2.75, 3.05) is 30.9 Å². The number of hydrogen-bond donors (Lipinski definition) is 1. The molecule has 7 nitrogen and oxygen atoms in total. The summed E-state index contributed by atoms with van der Waals surface area (Å²) in [5.74, 6) is 0.231. The molecule has 1 aromatic rings. The zero-order valence-electron chi connectivity index (χ0n) is 11.6. The van der Waals surface area contributed by atoms with Crippen LogP contribution in [-0.4, -0.2) is 57.8 Å². The lowest BCUT2D eigenvalue weighted by Gasteiger charge is -2.22. The van der Waals surface area contributed by atoms with Crippen molar-refractivity contribution >= 4 is 37.3 Å². The first-order valence-electron chi connectivity index (χ1n) is 6.19. The molecule has 118 valence electrons. The van der Waals surface area contributed by atoms with E-state index in [-0.39, 0.29) is 21.4 Å². The van der Waals surface area contributed by atoms with Crippen molar-refractivity contribution in [3.05, 3.63) is 17.3 Å². The highest BCUT2D eigenvalue weighted by atomic mass is 35.5. The van der Waals surface area contributed by atoms with Crippen molar-refractivity contribution in [1.29, 1.82) is 0 Å². The Morgan fingerprint density at radius 1 is 1.48 bits per heavy atom. The normalized spacial score (nSPS) is 21.6. The summed E-state index contributed by atoms with van der Waals surface area (Å²) in [6, 6.07) is 0.748. The number of sulfonamides is 1. The summed E-state index contributed by atoms with van der Waals surface area (Å²) < 4.78 is 49.0. The fourth-order valence-electron chi connectivity index (χ4n) is 2.17. The van der Waals surface area contributed by atoms with Gasteiger partial charge in [-0.05, 0) is 12.5 Å². The van der Waals surface area contributed by atoms with Crippen molar-refractivity contribution in [2.45, 2.75) is 17.4 Å². The SMILES string of the molecule is CNc1ncc(S(=O)(=O)N(C)C2CCS(=O)(=O)C2)cc1Cl. The van der Waals surface area contributed by atoms with Crippen LogP contribution in [0.4, 0.5) is 5.82 Å². The molecule has 1 aliphatic rings. The highest BCUT2D eigenvalue weighted by molar-refractivity contribution is 7.92. The number of anilines is 1. The first-order chi connectivity index (χ1) is 9.67. The third kappa shape index (κ3) is 3.31. The topological polar surface area (TPSA) is 96.4 Å². The number of aromatic nitrogens is 1. The van der Waals surface area contributed by atoms with E-state index in [1.54, 1.807) is 7.05 Å².